The summed E-state index contributed by atoms with van der Waals surface area (Å²) in [7, 11) is -3.63. The molecule has 0 heterocycles. The Hall–Kier alpha value is -2.38. The monoisotopic (exact) mass is 404 g/mol. The van der Waals surface area contributed by atoms with Crippen molar-refractivity contribution in [2.45, 2.75) is 39.0 Å². The van der Waals surface area contributed by atoms with Crippen molar-refractivity contribution in [2.24, 2.45) is 0 Å². The van der Waals surface area contributed by atoms with E-state index in [1.807, 2.05) is 26.0 Å². The van der Waals surface area contributed by atoms with Crippen LogP contribution in [0.2, 0.25) is 0 Å². The molecule has 0 saturated carbocycles. The van der Waals surface area contributed by atoms with E-state index < -0.39 is 10.0 Å². The summed E-state index contributed by atoms with van der Waals surface area (Å²) in [6.45, 7) is 8.82. The predicted octanol–water partition coefficient (Wildman–Crippen LogP) is 4.07. The number of aryl methyl sites for hydroxylation is 1. The third-order valence-electron chi connectivity index (χ3n) is 4.29. The first kappa shape index (κ1) is 21.9. The summed E-state index contributed by atoms with van der Waals surface area (Å²) >= 11 is 0. The van der Waals surface area contributed by atoms with E-state index in [2.05, 4.69) is 5.32 Å². The molecule has 1 amide bonds. The zero-order chi connectivity index (χ0) is 20.7. The summed E-state index contributed by atoms with van der Waals surface area (Å²) in [6, 6.07) is 11.6. The number of amides is 1. The average molecular weight is 405 g/mol. The Morgan fingerprint density at radius 2 is 1.79 bits per heavy atom. The first-order valence-electron chi connectivity index (χ1n) is 9.48. The van der Waals surface area contributed by atoms with Crippen LogP contribution in [0.5, 0.6) is 5.75 Å². The van der Waals surface area contributed by atoms with Gasteiger partial charge in [-0.25, -0.2) is 8.42 Å². The van der Waals surface area contributed by atoms with Crippen LogP contribution in [-0.4, -0.2) is 38.3 Å². The van der Waals surface area contributed by atoms with Crippen molar-refractivity contribution < 1.29 is 17.9 Å². The maximum absolute atomic E-state index is 12.7. The molecule has 2 aromatic carbocycles. The summed E-state index contributed by atoms with van der Waals surface area (Å²) in [4.78, 5) is 12.8. The minimum atomic E-state index is -3.63. The average Bonchev–Trinajstić information content (AvgIpc) is 2.68. The summed E-state index contributed by atoms with van der Waals surface area (Å²) in [5.41, 5.74) is 1.85. The molecule has 0 saturated heterocycles. The van der Waals surface area contributed by atoms with E-state index >= 15 is 0 Å². The van der Waals surface area contributed by atoms with Crippen LogP contribution in [0, 0.1) is 6.92 Å². The van der Waals surface area contributed by atoms with Gasteiger partial charge in [0.25, 0.3) is 5.91 Å². The largest absolute Gasteiger partial charge is 0.491 e. The van der Waals surface area contributed by atoms with Gasteiger partial charge in [-0.1, -0.05) is 32.9 Å². The summed E-state index contributed by atoms with van der Waals surface area (Å²) < 4.78 is 32.5. The van der Waals surface area contributed by atoms with E-state index in [1.165, 1.54) is 16.4 Å². The van der Waals surface area contributed by atoms with Crippen LogP contribution in [0.3, 0.4) is 0 Å². The fraction of sp³-hybridized carbons (Fsp3) is 0.381. The Morgan fingerprint density at radius 1 is 1.07 bits per heavy atom. The summed E-state index contributed by atoms with van der Waals surface area (Å²) in [5, 5.41) is 2.83. The van der Waals surface area contributed by atoms with Crippen molar-refractivity contribution in [1.82, 2.24) is 4.31 Å². The molecule has 7 heteroatoms. The third kappa shape index (κ3) is 5.11. The third-order valence-corrected chi connectivity index (χ3v) is 6.33. The minimum Gasteiger partial charge on any atom is -0.491 e. The smallest absolute Gasteiger partial charge is 0.255 e. The van der Waals surface area contributed by atoms with Gasteiger partial charge in [0, 0.05) is 18.7 Å². The van der Waals surface area contributed by atoms with Crippen LogP contribution in [0.25, 0.3) is 0 Å². The van der Waals surface area contributed by atoms with Crippen LogP contribution in [-0.2, 0) is 10.0 Å². The number of nitrogens with one attached hydrogen (secondary N) is 1. The highest BCUT2D eigenvalue weighted by Crippen LogP contribution is 2.27. The first-order chi connectivity index (χ1) is 13.3. The Labute approximate surface area is 167 Å². The van der Waals surface area contributed by atoms with Gasteiger partial charge in [0.15, 0.2) is 0 Å². The topological polar surface area (TPSA) is 75.7 Å². The van der Waals surface area contributed by atoms with E-state index in [1.54, 1.807) is 32.0 Å². The molecule has 0 unspecified atom stereocenters. The Morgan fingerprint density at radius 3 is 2.43 bits per heavy atom. The Kier molecular flexibility index (Phi) is 7.60. The van der Waals surface area contributed by atoms with Crippen molar-refractivity contribution in [3.05, 3.63) is 53.6 Å². The second kappa shape index (κ2) is 9.71. The molecule has 6 nitrogen and oxygen atoms in total. The molecule has 28 heavy (non-hydrogen) atoms. The van der Waals surface area contributed by atoms with E-state index in [0.717, 1.165) is 12.0 Å². The number of hydrogen-bond donors (Lipinski definition) is 1. The molecule has 0 fully saturated rings. The second-order valence-corrected chi connectivity index (χ2v) is 8.36. The van der Waals surface area contributed by atoms with Gasteiger partial charge in [-0.3, -0.25) is 4.79 Å². The fourth-order valence-electron chi connectivity index (χ4n) is 2.77. The molecular weight excluding hydrogens is 376 g/mol. The number of carbonyl (C=O) groups is 1. The van der Waals surface area contributed by atoms with Crippen molar-refractivity contribution in [2.75, 3.05) is 25.0 Å². The summed E-state index contributed by atoms with van der Waals surface area (Å²) in [6.07, 6.45) is 0.854. The van der Waals surface area contributed by atoms with E-state index in [4.69, 9.17) is 4.74 Å². The lowest BCUT2D eigenvalue weighted by molar-refractivity contribution is 0.102. The molecule has 0 atom stereocenters. The molecule has 152 valence electrons. The number of anilines is 1. The quantitative estimate of drug-likeness (QED) is 0.684. The van der Waals surface area contributed by atoms with Crippen LogP contribution < -0.4 is 10.1 Å². The molecule has 2 rings (SSSR count). The van der Waals surface area contributed by atoms with Gasteiger partial charge in [-0.15, -0.1) is 0 Å². The molecule has 0 radical (unpaired) electrons. The number of sulfonamides is 1. The lowest BCUT2D eigenvalue weighted by atomic mass is 10.2. The molecule has 0 aliphatic heterocycles. The molecule has 0 bridgehead atoms. The molecule has 0 spiro atoms. The predicted molar refractivity (Wildman–Crippen MR) is 111 cm³/mol. The lowest BCUT2D eigenvalue weighted by Gasteiger charge is -2.19. The SMILES string of the molecule is CCCOc1cc(C)ccc1NC(=O)c1cccc(S(=O)(=O)N(CC)CC)c1. The highest BCUT2D eigenvalue weighted by molar-refractivity contribution is 7.89. The van der Waals surface area contributed by atoms with Gasteiger partial charge in [0.2, 0.25) is 10.0 Å². The fourth-order valence-corrected chi connectivity index (χ4v) is 4.27. The molecular formula is C21H28N2O4S. The molecule has 0 aliphatic carbocycles. The Bertz CT molecular complexity index is 922. The molecule has 0 aliphatic rings. The second-order valence-electron chi connectivity index (χ2n) is 6.42. The number of hydrogen-bond acceptors (Lipinski definition) is 4. The van der Waals surface area contributed by atoms with Gasteiger partial charge in [0.1, 0.15) is 5.75 Å². The highest BCUT2D eigenvalue weighted by atomic mass is 32.2. The molecule has 2 aromatic rings. The van der Waals surface area contributed by atoms with Crippen molar-refractivity contribution >= 4 is 21.6 Å². The lowest BCUT2D eigenvalue weighted by Crippen LogP contribution is -2.30. The van der Waals surface area contributed by atoms with Crippen LogP contribution in [0.4, 0.5) is 5.69 Å². The summed E-state index contributed by atoms with van der Waals surface area (Å²) in [5.74, 6) is 0.212. The maximum atomic E-state index is 12.7. The highest BCUT2D eigenvalue weighted by Gasteiger charge is 2.22. The van der Waals surface area contributed by atoms with Gasteiger partial charge in [-0.05, 0) is 49.2 Å². The van der Waals surface area contributed by atoms with E-state index in [9.17, 15) is 13.2 Å². The normalized spacial score (nSPS) is 11.5. The van der Waals surface area contributed by atoms with Gasteiger partial charge >= 0.3 is 0 Å². The molecule has 1 N–H and O–H groups in total. The number of carbonyl (C=O) groups excluding carboxylic acids is 1. The number of nitrogens with zero attached hydrogens (tertiary/aromatic N) is 1. The van der Waals surface area contributed by atoms with Crippen molar-refractivity contribution in [3.63, 3.8) is 0 Å². The standard InChI is InChI=1S/C21H28N2O4S/c1-5-13-27-20-14-16(4)11-12-19(20)22-21(24)17-9-8-10-18(15-17)28(25,26)23(6-2)7-3/h8-12,14-15H,5-7,13H2,1-4H3,(H,22,24). The molecule has 0 aromatic heterocycles. The van der Waals surface area contributed by atoms with Crippen molar-refractivity contribution in [3.8, 4) is 5.75 Å². The van der Waals surface area contributed by atoms with Crippen LogP contribution in [0.15, 0.2) is 47.4 Å². The minimum absolute atomic E-state index is 0.107. The number of ether oxygens (including phenoxy) is 1. The first-order valence-corrected chi connectivity index (χ1v) is 10.9. The van der Waals surface area contributed by atoms with E-state index in [0.29, 0.717) is 31.1 Å². The van der Waals surface area contributed by atoms with Crippen molar-refractivity contribution in [1.29, 1.82) is 0 Å². The van der Waals surface area contributed by atoms with E-state index in [-0.39, 0.29) is 16.4 Å². The number of rotatable bonds is 9. The zero-order valence-electron chi connectivity index (χ0n) is 16.9. The van der Waals surface area contributed by atoms with Crippen LogP contribution >= 0.6 is 0 Å². The van der Waals surface area contributed by atoms with Gasteiger partial charge < -0.3 is 10.1 Å². The maximum Gasteiger partial charge on any atom is 0.255 e. The number of benzene rings is 2. The van der Waals surface area contributed by atoms with Gasteiger partial charge in [-0.2, -0.15) is 4.31 Å². The Balaban J connectivity index is 2.29. The van der Waals surface area contributed by atoms with Crippen LogP contribution in [0.1, 0.15) is 43.1 Å². The zero-order valence-corrected chi connectivity index (χ0v) is 17.7. The van der Waals surface area contributed by atoms with Gasteiger partial charge in [0.05, 0.1) is 17.2 Å².